The van der Waals surface area contributed by atoms with Crippen LogP contribution >= 0.6 is 0 Å². The van der Waals surface area contributed by atoms with Gasteiger partial charge in [-0.25, -0.2) is 4.79 Å². The number of carboxylic acid groups (broad SMARTS) is 1. The third-order valence-corrected chi connectivity index (χ3v) is 3.52. The maximum atomic E-state index is 12.5. The molecule has 0 saturated heterocycles. The van der Waals surface area contributed by atoms with Gasteiger partial charge in [-0.15, -0.1) is 0 Å². The van der Waals surface area contributed by atoms with Crippen LogP contribution in [0.25, 0.3) is 0 Å². The summed E-state index contributed by atoms with van der Waals surface area (Å²) < 4.78 is 37.6. The summed E-state index contributed by atoms with van der Waals surface area (Å²) in [6.45, 7) is 2.85. The van der Waals surface area contributed by atoms with Crippen LogP contribution in [0.5, 0.6) is 0 Å². The van der Waals surface area contributed by atoms with E-state index < -0.39 is 30.3 Å². The molecule has 1 atom stereocenters. The highest BCUT2D eigenvalue weighted by molar-refractivity contribution is 5.80. The van der Waals surface area contributed by atoms with Crippen molar-refractivity contribution in [2.75, 3.05) is 19.6 Å². The third kappa shape index (κ3) is 4.64. The van der Waals surface area contributed by atoms with E-state index in [1.165, 1.54) is 9.80 Å². The van der Waals surface area contributed by atoms with Gasteiger partial charge in [0.05, 0.1) is 0 Å². The summed E-state index contributed by atoms with van der Waals surface area (Å²) in [7, 11) is 0. The molecular weight excluding hydrogens is 289 g/mol. The molecule has 0 aliphatic carbocycles. The van der Waals surface area contributed by atoms with Crippen molar-refractivity contribution in [3.63, 3.8) is 0 Å². The van der Waals surface area contributed by atoms with Gasteiger partial charge in [-0.2, -0.15) is 13.2 Å². The van der Waals surface area contributed by atoms with Crippen molar-refractivity contribution in [2.24, 2.45) is 0 Å². The number of aliphatic carboxylic acids is 1. The molecule has 120 valence electrons. The normalized spacial score (nSPS) is 17.2. The second-order valence-corrected chi connectivity index (χ2v) is 4.98. The fourth-order valence-electron chi connectivity index (χ4n) is 2.06. The quantitative estimate of drug-likeness (QED) is 0.812. The van der Waals surface area contributed by atoms with E-state index in [1.807, 2.05) is 6.92 Å². The van der Waals surface area contributed by atoms with E-state index in [4.69, 9.17) is 5.11 Å². The SMILES string of the molecule is CCC(C)N(CC(=O)O)C(=O)N1CC=C(C(F)(F)F)CC1. The van der Waals surface area contributed by atoms with Crippen LogP contribution in [0.4, 0.5) is 18.0 Å². The van der Waals surface area contributed by atoms with Crippen LogP contribution in [0, 0.1) is 0 Å². The third-order valence-electron chi connectivity index (χ3n) is 3.52. The Morgan fingerprint density at radius 2 is 2.10 bits per heavy atom. The van der Waals surface area contributed by atoms with Crippen molar-refractivity contribution in [1.82, 2.24) is 9.80 Å². The number of carboxylic acids is 1. The van der Waals surface area contributed by atoms with Crippen LogP contribution in [-0.4, -0.2) is 58.8 Å². The first-order chi connectivity index (χ1) is 9.66. The summed E-state index contributed by atoms with van der Waals surface area (Å²) in [5.74, 6) is -1.15. The first-order valence-corrected chi connectivity index (χ1v) is 6.70. The maximum Gasteiger partial charge on any atom is 0.412 e. The molecule has 21 heavy (non-hydrogen) atoms. The summed E-state index contributed by atoms with van der Waals surface area (Å²) in [6, 6.07) is -0.828. The first-order valence-electron chi connectivity index (χ1n) is 6.70. The zero-order chi connectivity index (χ0) is 16.2. The van der Waals surface area contributed by atoms with Crippen molar-refractivity contribution in [2.45, 2.75) is 38.9 Å². The minimum atomic E-state index is -4.37. The Hall–Kier alpha value is -1.73. The van der Waals surface area contributed by atoms with E-state index in [9.17, 15) is 22.8 Å². The van der Waals surface area contributed by atoms with Gasteiger partial charge in [0.2, 0.25) is 0 Å². The minimum Gasteiger partial charge on any atom is -0.480 e. The van der Waals surface area contributed by atoms with Gasteiger partial charge < -0.3 is 14.9 Å². The van der Waals surface area contributed by atoms with Crippen molar-refractivity contribution in [1.29, 1.82) is 0 Å². The number of urea groups is 1. The summed E-state index contributed by atoms with van der Waals surface area (Å²) >= 11 is 0. The predicted octanol–water partition coefficient (Wildman–Crippen LogP) is 2.49. The smallest absolute Gasteiger partial charge is 0.412 e. The molecule has 1 heterocycles. The molecule has 1 N–H and O–H groups in total. The number of hydrogen-bond donors (Lipinski definition) is 1. The molecule has 1 aliphatic rings. The minimum absolute atomic E-state index is 0.0588. The largest absolute Gasteiger partial charge is 0.480 e. The number of alkyl halides is 3. The molecule has 0 aromatic heterocycles. The Morgan fingerprint density at radius 1 is 1.48 bits per heavy atom. The van der Waals surface area contributed by atoms with Crippen molar-refractivity contribution in [3.8, 4) is 0 Å². The Labute approximate surface area is 121 Å². The molecule has 1 unspecified atom stereocenters. The molecule has 0 spiro atoms. The van der Waals surface area contributed by atoms with Gasteiger partial charge in [0.1, 0.15) is 6.54 Å². The second-order valence-electron chi connectivity index (χ2n) is 4.98. The van der Waals surface area contributed by atoms with E-state index in [2.05, 4.69) is 0 Å². The van der Waals surface area contributed by atoms with E-state index in [0.29, 0.717) is 6.42 Å². The molecule has 0 bridgehead atoms. The molecule has 0 saturated carbocycles. The Kier molecular flexibility index (Phi) is 5.62. The monoisotopic (exact) mass is 308 g/mol. The maximum absolute atomic E-state index is 12.5. The molecule has 5 nitrogen and oxygen atoms in total. The fraction of sp³-hybridized carbons (Fsp3) is 0.692. The van der Waals surface area contributed by atoms with Gasteiger partial charge in [-0.05, 0) is 19.8 Å². The first kappa shape index (κ1) is 17.3. The molecule has 0 radical (unpaired) electrons. The van der Waals surface area contributed by atoms with Crippen LogP contribution in [0.1, 0.15) is 26.7 Å². The van der Waals surface area contributed by atoms with Crippen LogP contribution in [0.2, 0.25) is 0 Å². The number of carbonyl (C=O) groups excluding carboxylic acids is 1. The molecule has 1 rings (SSSR count). The summed E-state index contributed by atoms with van der Waals surface area (Å²) in [6.07, 6.45) is -3.09. The van der Waals surface area contributed by atoms with Gasteiger partial charge >= 0.3 is 18.2 Å². The molecule has 0 aromatic carbocycles. The Morgan fingerprint density at radius 3 is 2.48 bits per heavy atom. The summed E-state index contributed by atoms with van der Waals surface area (Å²) in [5, 5.41) is 8.85. The number of nitrogens with zero attached hydrogens (tertiary/aromatic N) is 2. The van der Waals surface area contributed by atoms with Gasteiger partial charge in [0.15, 0.2) is 0 Å². The van der Waals surface area contributed by atoms with Gasteiger partial charge in [-0.3, -0.25) is 4.79 Å². The topological polar surface area (TPSA) is 60.9 Å². The van der Waals surface area contributed by atoms with Crippen LogP contribution in [-0.2, 0) is 4.79 Å². The zero-order valence-electron chi connectivity index (χ0n) is 12.0. The lowest BCUT2D eigenvalue weighted by Crippen LogP contribution is -2.50. The lowest BCUT2D eigenvalue weighted by molar-refractivity contribution is -0.138. The van der Waals surface area contributed by atoms with Crippen LogP contribution in [0.15, 0.2) is 11.6 Å². The average Bonchev–Trinajstić information content (AvgIpc) is 2.42. The Bertz CT molecular complexity index is 435. The second kappa shape index (κ2) is 6.82. The number of amides is 2. The highest BCUT2D eigenvalue weighted by Gasteiger charge is 2.36. The molecule has 1 aliphatic heterocycles. The highest BCUT2D eigenvalue weighted by atomic mass is 19.4. The lowest BCUT2D eigenvalue weighted by atomic mass is 10.1. The molecule has 2 amide bonds. The molecule has 0 fully saturated rings. The number of hydrogen-bond acceptors (Lipinski definition) is 2. The standard InChI is InChI=1S/C13H19F3N2O3/c1-3-9(2)18(8-11(19)20)12(21)17-6-4-10(5-7-17)13(14,15)16/h4,9H,3,5-8H2,1-2H3,(H,19,20). The lowest BCUT2D eigenvalue weighted by Gasteiger charge is -2.35. The van der Waals surface area contributed by atoms with Gasteiger partial charge in [0, 0.05) is 24.7 Å². The van der Waals surface area contributed by atoms with Crippen LogP contribution in [0.3, 0.4) is 0 Å². The zero-order valence-corrected chi connectivity index (χ0v) is 12.0. The van der Waals surface area contributed by atoms with E-state index >= 15 is 0 Å². The number of rotatable bonds is 4. The van der Waals surface area contributed by atoms with Crippen molar-refractivity contribution in [3.05, 3.63) is 11.6 Å². The van der Waals surface area contributed by atoms with Crippen molar-refractivity contribution >= 4 is 12.0 Å². The molecule has 0 aromatic rings. The average molecular weight is 308 g/mol. The number of carbonyl (C=O) groups is 2. The molecule has 8 heteroatoms. The molecular formula is C13H19F3N2O3. The van der Waals surface area contributed by atoms with Crippen molar-refractivity contribution < 1.29 is 27.9 Å². The fourth-order valence-corrected chi connectivity index (χ4v) is 2.06. The van der Waals surface area contributed by atoms with E-state index in [0.717, 1.165) is 6.08 Å². The van der Waals surface area contributed by atoms with Crippen LogP contribution < -0.4 is 0 Å². The van der Waals surface area contributed by atoms with E-state index in [-0.39, 0.29) is 25.6 Å². The van der Waals surface area contributed by atoms with E-state index in [1.54, 1.807) is 6.92 Å². The van der Waals surface area contributed by atoms with Gasteiger partial charge in [0.25, 0.3) is 0 Å². The summed E-state index contributed by atoms with van der Waals surface area (Å²) in [4.78, 5) is 25.5. The summed E-state index contributed by atoms with van der Waals surface area (Å²) in [5.41, 5.74) is -0.639. The Balaban J connectivity index is 2.78. The predicted molar refractivity (Wildman–Crippen MR) is 69.8 cm³/mol. The van der Waals surface area contributed by atoms with Gasteiger partial charge in [-0.1, -0.05) is 13.0 Å². The number of halogens is 3. The highest BCUT2D eigenvalue weighted by Crippen LogP contribution is 2.30.